The van der Waals surface area contributed by atoms with Crippen LogP contribution in [0.25, 0.3) is 0 Å². The Labute approximate surface area is 367 Å². The van der Waals surface area contributed by atoms with E-state index in [1.54, 1.807) is 48.2 Å². The molecule has 4 amide bonds. The van der Waals surface area contributed by atoms with Gasteiger partial charge in [0.15, 0.2) is 11.5 Å². The van der Waals surface area contributed by atoms with Crippen LogP contribution >= 0.6 is 0 Å². The molecule has 3 aliphatic heterocycles. The van der Waals surface area contributed by atoms with Crippen molar-refractivity contribution < 1.29 is 47.7 Å². The Bertz CT molecular complexity index is 2290. The van der Waals surface area contributed by atoms with E-state index in [9.17, 15) is 24.0 Å². The first kappa shape index (κ1) is 44.6. The van der Waals surface area contributed by atoms with Crippen molar-refractivity contribution in [1.29, 1.82) is 0 Å². The number of carbonyl (C=O) groups is 5. The SMILES string of the molecule is COC(=O)CCCCC1OC1NC(C(=O)N[C@@H](C)C(=O)Nc1ccc(COC(=O)N2C[C@@H]3Cc4ccccc4N3C(=O)c3cc(OC)c(OCc4ccccc4)cc32)cc1)C(C)C. The number of unbranched alkanes of at least 4 members (excludes halogenated alkanes) is 1. The molecule has 15 nitrogen and oxygen atoms in total. The quantitative estimate of drug-likeness (QED) is 0.0564. The summed E-state index contributed by atoms with van der Waals surface area (Å²) in [7, 11) is 2.88. The van der Waals surface area contributed by atoms with Gasteiger partial charge >= 0.3 is 12.1 Å². The number of esters is 1. The summed E-state index contributed by atoms with van der Waals surface area (Å²) in [4.78, 5) is 69.5. The molecule has 5 atom stereocenters. The van der Waals surface area contributed by atoms with E-state index in [0.717, 1.165) is 29.7 Å². The minimum Gasteiger partial charge on any atom is -0.493 e. The van der Waals surface area contributed by atoms with Crippen molar-refractivity contribution >= 4 is 46.8 Å². The lowest BCUT2D eigenvalue weighted by Crippen LogP contribution is -2.53. The zero-order valence-electron chi connectivity index (χ0n) is 36.3. The van der Waals surface area contributed by atoms with Crippen molar-refractivity contribution in [3.8, 4) is 11.5 Å². The summed E-state index contributed by atoms with van der Waals surface area (Å²) in [6, 6.07) is 25.8. The van der Waals surface area contributed by atoms with Gasteiger partial charge in [-0.15, -0.1) is 0 Å². The van der Waals surface area contributed by atoms with Crippen LogP contribution in [0.4, 0.5) is 21.9 Å². The van der Waals surface area contributed by atoms with Gasteiger partial charge in [0, 0.05) is 23.9 Å². The van der Waals surface area contributed by atoms with Crippen LogP contribution in [-0.2, 0) is 48.2 Å². The molecule has 15 heteroatoms. The highest BCUT2D eigenvalue weighted by atomic mass is 16.6. The summed E-state index contributed by atoms with van der Waals surface area (Å²) in [5.41, 5.74) is 4.55. The number of hydrogen-bond acceptors (Lipinski definition) is 11. The fraction of sp³-hybridized carbons (Fsp3) is 0.396. The Hall–Kier alpha value is -6.45. The van der Waals surface area contributed by atoms with Gasteiger partial charge in [0.1, 0.15) is 25.5 Å². The third-order valence-electron chi connectivity index (χ3n) is 11.5. The number of anilines is 3. The second-order valence-electron chi connectivity index (χ2n) is 16.3. The summed E-state index contributed by atoms with van der Waals surface area (Å²) < 4.78 is 28.2. The van der Waals surface area contributed by atoms with E-state index in [1.165, 1.54) is 19.1 Å². The fourth-order valence-electron chi connectivity index (χ4n) is 7.95. The number of fused-ring (bicyclic) bond motifs is 4. The lowest BCUT2D eigenvalue weighted by molar-refractivity contribution is -0.140. The molecule has 3 N–H and O–H groups in total. The summed E-state index contributed by atoms with van der Waals surface area (Å²) in [6.07, 6.45) is 2.23. The Morgan fingerprint density at radius 3 is 2.29 bits per heavy atom. The van der Waals surface area contributed by atoms with Crippen molar-refractivity contribution in [2.45, 2.75) is 96.5 Å². The number of nitrogens with one attached hydrogen (secondary N) is 3. The standard InChI is InChI=1S/C48H55N5O10/c1-29(2)43(51-46-39(63-46)17-11-12-18-42(54)60-5)45(56)49-30(3)44(55)50-34-21-19-32(20-22-34)28-62-48(58)52-26-35-23-33-15-9-10-16-37(33)53(35)47(57)36-24-40(59-4)41(25-38(36)52)61-27-31-13-7-6-8-14-31/h6-10,13-16,19-22,24-25,29-30,35,39,43,46,51H,11-12,17-18,23,26-28H2,1-5H3,(H,49,56)(H,50,55)/t30-,35-,39?,43?,46?/m0/s1. The minimum atomic E-state index is -0.841. The third-order valence-corrected chi connectivity index (χ3v) is 11.5. The van der Waals surface area contributed by atoms with Gasteiger partial charge in [-0.2, -0.15) is 0 Å². The molecule has 0 bridgehead atoms. The topological polar surface area (TPSA) is 177 Å². The van der Waals surface area contributed by atoms with E-state index >= 15 is 0 Å². The van der Waals surface area contributed by atoms with E-state index < -0.39 is 24.1 Å². The third kappa shape index (κ3) is 10.8. The normalized spacial score (nSPS) is 18.3. The number of methoxy groups -OCH3 is 2. The van der Waals surface area contributed by atoms with Crippen molar-refractivity contribution in [3.63, 3.8) is 0 Å². The summed E-state index contributed by atoms with van der Waals surface area (Å²) in [5, 5.41) is 8.91. The number of carbonyl (C=O) groups excluding carboxylic acids is 5. The lowest BCUT2D eigenvalue weighted by atomic mass is 10.0. The van der Waals surface area contributed by atoms with Gasteiger partial charge in [-0.25, -0.2) is 4.79 Å². The molecule has 0 spiro atoms. The van der Waals surface area contributed by atoms with Gasteiger partial charge in [-0.3, -0.25) is 29.4 Å². The van der Waals surface area contributed by atoms with Gasteiger partial charge in [-0.1, -0.05) is 80.9 Å². The molecule has 3 unspecified atom stereocenters. The lowest BCUT2D eigenvalue weighted by Gasteiger charge is -2.26. The molecule has 63 heavy (non-hydrogen) atoms. The van der Waals surface area contributed by atoms with Gasteiger partial charge in [-0.05, 0) is 73.1 Å². The highest BCUT2D eigenvalue weighted by molar-refractivity contribution is 6.14. The van der Waals surface area contributed by atoms with E-state index in [0.29, 0.717) is 47.7 Å². The number of hydrogen-bond donors (Lipinski definition) is 3. The van der Waals surface area contributed by atoms with E-state index in [4.69, 9.17) is 18.9 Å². The molecular weight excluding hydrogens is 807 g/mol. The van der Waals surface area contributed by atoms with E-state index in [1.807, 2.05) is 68.4 Å². The molecule has 1 saturated heterocycles. The molecule has 3 aliphatic rings. The highest BCUT2D eigenvalue weighted by Gasteiger charge is 2.43. The Morgan fingerprint density at radius 2 is 1.56 bits per heavy atom. The molecule has 0 saturated carbocycles. The molecule has 332 valence electrons. The Morgan fingerprint density at radius 1 is 0.825 bits per heavy atom. The molecule has 4 aromatic rings. The maximum Gasteiger partial charge on any atom is 0.414 e. The first-order chi connectivity index (χ1) is 30.4. The maximum atomic E-state index is 14.3. The molecular formula is C48H55N5O10. The van der Waals surface area contributed by atoms with Crippen LogP contribution in [0.3, 0.4) is 0 Å². The van der Waals surface area contributed by atoms with Gasteiger partial charge in [0.2, 0.25) is 11.8 Å². The molecule has 0 aromatic heterocycles. The zero-order valence-corrected chi connectivity index (χ0v) is 36.3. The molecule has 7 rings (SSSR count). The fourth-order valence-corrected chi connectivity index (χ4v) is 7.95. The van der Waals surface area contributed by atoms with Crippen molar-refractivity contribution in [2.24, 2.45) is 5.92 Å². The summed E-state index contributed by atoms with van der Waals surface area (Å²) in [5.74, 6) is -0.556. The number of para-hydroxylation sites is 1. The predicted molar refractivity (Wildman–Crippen MR) is 236 cm³/mol. The van der Waals surface area contributed by atoms with Crippen LogP contribution < -0.4 is 35.2 Å². The summed E-state index contributed by atoms with van der Waals surface area (Å²) in [6.45, 7) is 5.80. The van der Waals surface area contributed by atoms with Crippen LogP contribution in [0.1, 0.15) is 73.5 Å². The average molecular weight is 862 g/mol. The second kappa shape index (κ2) is 20.2. The van der Waals surface area contributed by atoms with Crippen LogP contribution in [0.2, 0.25) is 0 Å². The van der Waals surface area contributed by atoms with Crippen molar-refractivity contribution in [2.75, 3.05) is 35.9 Å². The predicted octanol–water partition coefficient (Wildman–Crippen LogP) is 6.52. The first-order valence-electron chi connectivity index (χ1n) is 21.4. The van der Waals surface area contributed by atoms with E-state index in [2.05, 4.69) is 20.7 Å². The zero-order chi connectivity index (χ0) is 44.6. The molecule has 1 fully saturated rings. The summed E-state index contributed by atoms with van der Waals surface area (Å²) >= 11 is 0. The molecule has 4 aromatic carbocycles. The van der Waals surface area contributed by atoms with Crippen LogP contribution in [0.5, 0.6) is 11.5 Å². The van der Waals surface area contributed by atoms with E-state index in [-0.39, 0.29) is 67.4 Å². The van der Waals surface area contributed by atoms with Gasteiger partial charge in [0.05, 0.1) is 50.2 Å². The van der Waals surface area contributed by atoms with Gasteiger partial charge in [0.25, 0.3) is 5.91 Å². The Kier molecular flexibility index (Phi) is 14.3. The number of ether oxygens (including phenoxy) is 5. The number of benzene rings is 4. The number of epoxide rings is 1. The number of amides is 4. The molecule has 3 heterocycles. The van der Waals surface area contributed by atoms with Crippen molar-refractivity contribution in [3.05, 3.63) is 113 Å². The van der Waals surface area contributed by atoms with Gasteiger partial charge < -0.3 is 39.2 Å². The number of rotatable bonds is 18. The monoisotopic (exact) mass is 861 g/mol. The Balaban J connectivity index is 0.964. The van der Waals surface area contributed by atoms with Crippen LogP contribution in [-0.4, -0.2) is 81.0 Å². The molecule has 0 radical (unpaired) electrons. The highest BCUT2D eigenvalue weighted by Crippen LogP contribution is 2.43. The minimum absolute atomic E-state index is 0.0414. The largest absolute Gasteiger partial charge is 0.493 e. The first-order valence-corrected chi connectivity index (χ1v) is 21.4. The molecule has 0 aliphatic carbocycles. The smallest absolute Gasteiger partial charge is 0.414 e. The van der Waals surface area contributed by atoms with Crippen molar-refractivity contribution in [1.82, 2.24) is 10.6 Å². The number of nitrogens with zero attached hydrogens (tertiary/aromatic N) is 2. The average Bonchev–Trinajstić information content (AvgIpc) is 3.96. The van der Waals surface area contributed by atoms with Crippen LogP contribution in [0.15, 0.2) is 91.0 Å². The second-order valence-corrected chi connectivity index (χ2v) is 16.3. The maximum absolute atomic E-state index is 14.3. The van der Waals surface area contributed by atoms with Crippen LogP contribution in [0, 0.1) is 5.92 Å².